The summed E-state index contributed by atoms with van der Waals surface area (Å²) in [5.74, 6) is 0.941. The first-order chi connectivity index (χ1) is 8.08. The summed E-state index contributed by atoms with van der Waals surface area (Å²) in [5.41, 5.74) is 0.392. The normalized spacial score (nSPS) is 26.3. The lowest BCUT2D eigenvalue weighted by atomic mass is 9.83. The number of nitrogens with zero attached hydrogens (tertiary/aromatic N) is 2. The second-order valence-electron chi connectivity index (χ2n) is 6.50. The van der Waals surface area contributed by atoms with E-state index < -0.39 is 0 Å². The molecule has 2 aliphatic rings. The van der Waals surface area contributed by atoms with Crippen molar-refractivity contribution in [3.63, 3.8) is 0 Å². The van der Waals surface area contributed by atoms with Crippen LogP contribution in [-0.2, 0) is 0 Å². The van der Waals surface area contributed by atoms with Crippen LogP contribution in [0.4, 0.5) is 0 Å². The molecule has 100 valence electrons. The first kappa shape index (κ1) is 13.3. The Kier molecular flexibility index (Phi) is 4.45. The van der Waals surface area contributed by atoms with E-state index >= 15 is 0 Å². The number of likely N-dealkylation sites (tertiary alicyclic amines) is 1. The Balaban J connectivity index is 1.83. The van der Waals surface area contributed by atoms with Crippen molar-refractivity contribution in [2.45, 2.75) is 38.6 Å². The second-order valence-corrected chi connectivity index (χ2v) is 6.50. The third kappa shape index (κ3) is 3.67. The molecule has 17 heavy (non-hydrogen) atoms. The van der Waals surface area contributed by atoms with Crippen LogP contribution in [0, 0.1) is 5.92 Å². The Bertz CT molecular complexity index is 226. The first-order valence-corrected chi connectivity index (χ1v) is 7.22. The smallest absolute Gasteiger partial charge is 0.0157 e. The van der Waals surface area contributed by atoms with Crippen LogP contribution in [-0.4, -0.2) is 61.7 Å². The maximum Gasteiger partial charge on any atom is 0.0157 e. The molecule has 0 aliphatic carbocycles. The number of nitrogens with one attached hydrogen (secondary N) is 1. The van der Waals surface area contributed by atoms with E-state index in [1.54, 1.807) is 0 Å². The molecule has 0 aromatic rings. The van der Waals surface area contributed by atoms with Gasteiger partial charge in [-0.3, -0.25) is 4.90 Å². The number of rotatable bonds is 3. The highest BCUT2D eigenvalue weighted by molar-refractivity contribution is 4.88. The molecular weight excluding hydrogens is 210 g/mol. The van der Waals surface area contributed by atoms with E-state index in [9.17, 15) is 0 Å². The van der Waals surface area contributed by atoms with Crippen LogP contribution >= 0.6 is 0 Å². The summed E-state index contributed by atoms with van der Waals surface area (Å²) < 4.78 is 0. The summed E-state index contributed by atoms with van der Waals surface area (Å²) in [6, 6.07) is 0. The van der Waals surface area contributed by atoms with Gasteiger partial charge in [0.1, 0.15) is 0 Å². The second kappa shape index (κ2) is 5.68. The fraction of sp³-hybridized carbons (Fsp3) is 1.00. The minimum atomic E-state index is 0.392. The number of hydrogen-bond acceptors (Lipinski definition) is 3. The molecule has 3 nitrogen and oxygen atoms in total. The number of piperidine rings is 1. The van der Waals surface area contributed by atoms with E-state index in [2.05, 4.69) is 36.0 Å². The van der Waals surface area contributed by atoms with Crippen molar-refractivity contribution < 1.29 is 0 Å². The lowest BCUT2D eigenvalue weighted by molar-refractivity contribution is 0.0665. The van der Waals surface area contributed by atoms with Crippen LogP contribution < -0.4 is 5.32 Å². The maximum atomic E-state index is 3.45. The van der Waals surface area contributed by atoms with Crippen molar-refractivity contribution in [1.29, 1.82) is 0 Å². The summed E-state index contributed by atoms with van der Waals surface area (Å²) in [5, 5.41) is 3.45. The van der Waals surface area contributed by atoms with Gasteiger partial charge in [0.15, 0.2) is 0 Å². The Hall–Kier alpha value is -0.120. The van der Waals surface area contributed by atoms with Gasteiger partial charge in [0.05, 0.1) is 0 Å². The zero-order chi connectivity index (χ0) is 12.3. The third-order valence-electron chi connectivity index (χ3n) is 4.60. The standard InChI is InChI=1S/C14H29N3/c1-14(2,17-10-6-15-7-11-17)12-13-4-8-16(3)9-5-13/h13,15H,4-12H2,1-3H3. The molecule has 2 fully saturated rings. The summed E-state index contributed by atoms with van der Waals surface area (Å²) in [4.78, 5) is 5.15. The van der Waals surface area contributed by atoms with E-state index in [4.69, 9.17) is 0 Å². The van der Waals surface area contributed by atoms with Gasteiger partial charge in [-0.25, -0.2) is 0 Å². The Labute approximate surface area is 107 Å². The molecule has 0 aromatic heterocycles. The molecule has 0 spiro atoms. The number of piperazine rings is 1. The lowest BCUT2D eigenvalue weighted by Crippen LogP contribution is -2.54. The van der Waals surface area contributed by atoms with Crippen molar-refractivity contribution >= 4 is 0 Å². The van der Waals surface area contributed by atoms with Gasteiger partial charge in [0.25, 0.3) is 0 Å². The maximum absolute atomic E-state index is 3.45. The predicted octanol–water partition coefficient (Wildman–Crippen LogP) is 1.40. The fourth-order valence-corrected chi connectivity index (χ4v) is 3.37. The van der Waals surface area contributed by atoms with Crippen molar-refractivity contribution in [2.75, 3.05) is 46.3 Å². The zero-order valence-electron chi connectivity index (χ0n) is 11.8. The highest BCUT2D eigenvalue weighted by Gasteiger charge is 2.31. The Morgan fingerprint density at radius 2 is 1.65 bits per heavy atom. The molecule has 0 radical (unpaired) electrons. The average molecular weight is 239 g/mol. The van der Waals surface area contributed by atoms with Gasteiger partial charge in [-0.1, -0.05) is 0 Å². The summed E-state index contributed by atoms with van der Waals surface area (Å²) >= 11 is 0. The molecule has 0 aromatic carbocycles. The number of hydrogen-bond donors (Lipinski definition) is 1. The molecule has 0 saturated carbocycles. The van der Waals surface area contributed by atoms with E-state index in [1.165, 1.54) is 45.4 Å². The van der Waals surface area contributed by atoms with E-state index in [1.807, 2.05) is 0 Å². The van der Waals surface area contributed by atoms with Gasteiger partial charge in [-0.2, -0.15) is 0 Å². The van der Waals surface area contributed by atoms with Crippen LogP contribution in [0.25, 0.3) is 0 Å². The largest absolute Gasteiger partial charge is 0.314 e. The molecule has 0 atom stereocenters. The third-order valence-corrected chi connectivity index (χ3v) is 4.60. The summed E-state index contributed by atoms with van der Waals surface area (Å²) in [6.45, 7) is 12.2. The molecule has 3 heteroatoms. The van der Waals surface area contributed by atoms with Crippen molar-refractivity contribution in [3.8, 4) is 0 Å². The van der Waals surface area contributed by atoms with Gasteiger partial charge in [0, 0.05) is 31.7 Å². The van der Waals surface area contributed by atoms with Gasteiger partial charge < -0.3 is 10.2 Å². The molecule has 2 aliphatic heterocycles. The SMILES string of the molecule is CN1CCC(CC(C)(C)N2CCNCC2)CC1. The van der Waals surface area contributed by atoms with Crippen molar-refractivity contribution in [2.24, 2.45) is 5.92 Å². The van der Waals surface area contributed by atoms with Crippen LogP contribution in [0.5, 0.6) is 0 Å². The minimum absolute atomic E-state index is 0.392. The molecule has 0 unspecified atom stereocenters. The molecule has 2 heterocycles. The minimum Gasteiger partial charge on any atom is -0.314 e. The van der Waals surface area contributed by atoms with Gasteiger partial charge >= 0.3 is 0 Å². The van der Waals surface area contributed by atoms with Crippen LogP contribution in [0.2, 0.25) is 0 Å². The van der Waals surface area contributed by atoms with E-state index in [-0.39, 0.29) is 0 Å². The van der Waals surface area contributed by atoms with Crippen LogP contribution in [0.3, 0.4) is 0 Å². The van der Waals surface area contributed by atoms with Gasteiger partial charge in [-0.05, 0) is 59.2 Å². The predicted molar refractivity (Wildman–Crippen MR) is 73.4 cm³/mol. The molecule has 2 saturated heterocycles. The van der Waals surface area contributed by atoms with E-state index in [0.717, 1.165) is 19.0 Å². The highest BCUT2D eigenvalue weighted by atomic mass is 15.2. The fourth-order valence-electron chi connectivity index (χ4n) is 3.37. The molecule has 0 bridgehead atoms. The zero-order valence-corrected chi connectivity index (χ0v) is 11.8. The molecule has 1 N–H and O–H groups in total. The Morgan fingerprint density at radius 1 is 1.06 bits per heavy atom. The van der Waals surface area contributed by atoms with Gasteiger partial charge in [-0.15, -0.1) is 0 Å². The molecule has 2 rings (SSSR count). The summed E-state index contributed by atoms with van der Waals surface area (Å²) in [7, 11) is 2.25. The van der Waals surface area contributed by atoms with Crippen molar-refractivity contribution in [3.05, 3.63) is 0 Å². The quantitative estimate of drug-likeness (QED) is 0.803. The van der Waals surface area contributed by atoms with Gasteiger partial charge in [0.2, 0.25) is 0 Å². The topological polar surface area (TPSA) is 18.5 Å². The van der Waals surface area contributed by atoms with E-state index in [0.29, 0.717) is 5.54 Å². The van der Waals surface area contributed by atoms with Crippen molar-refractivity contribution in [1.82, 2.24) is 15.1 Å². The molecule has 0 amide bonds. The monoisotopic (exact) mass is 239 g/mol. The lowest BCUT2D eigenvalue weighted by Gasteiger charge is -2.44. The molecular formula is C14H29N3. The van der Waals surface area contributed by atoms with Crippen LogP contribution in [0.15, 0.2) is 0 Å². The summed E-state index contributed by atoms with van der Waals surface area (Å²) in [6.07, 6.45) is 4.17. The van der Waals surface area contributed by atoms with Crippen LogP contribution in [0.1, 0.15) is 33.1 Å². The average Bonchev–Trinajstić information content (AvgIpc) is 2.33. The Morgan fingerprint density at radius 3 is 2.24 bits per heavy atom. The highest BCUT2D eigenvalue weighted by Crippen LogP contribution is 2.29. The first-order valence-electron chi connectivity index (χ1n) is 7.22.